The van der Waals surface area contributed by atoms with Gasteiger partial charge in [0.25, 0.3) is 0 Å². The molecule has 0 fully saturated rings. The van der Waals surface area contributed by atoms with Crippen LogP contribution < -0.4 is 10.9 Å². The van der Waals surface area contributed by atoms with Crippen LogP contribution in [-0.4, -0.2) is 20.0 Å². The number of hydrogen-bond acceptors (Lipinski definition) is 3. The zero-order chi connectivity index (χ0) is 8.20. The molecule has 0 heterocycles. The van der Waals surface area contributed by atoms with Crippen molar-refractivity contribution in [3.8, 4) is 0 Å². The van der Waals surface area contributed by atoms with Crippen molar-refractivity contribution in [3.05, 3.63) is 0 Å². The highest BCUT2D eigenvalue weighted by molar-refractivity contribution is 7.88. The van der Waals surface area contributed by atoms with Gasteiger partial charge in [0.05, 0.1) is 0 Å². The molecule has 0 radical (unpaired) electrons. The lowest BCUT2D eigenvalue weighted by atomic mass is 10.5. The predicted octanol–water partition coefficient (Wildman–Crippen LogP) is -0.711. The Morgan fingerprint density at radius 2 is 2.00 bits per heavy atom. The third kappa shape index (κ3) is 10.0. The lowest BCUT2D eigenvalue weighted by Gasteiger charge is -1.93. The number of rotatable bonds is 3. The van der Waals surface area contributed by atoms with Gasteiger partial charge in [-0.05, 0) is 5.75 Å². The van der Waals surface area contributed by atoms with Crippen molar-refractivity contribution in [2.45, 2.75) is 6.42 Å². The highest BCUT2D eigenvalue weighted by atomic mass is 35.5. The van der Waals surface area contributed by atoms with Gasteiger partial charge >= 0.3 is 10.2 Å². The van der Waals surface area contributed by atoms with Crippen molar-refractivity contribution in [3.63, 3.8) is 0 Å². The summed E-state index contributed by atoms with van der Waals surface area (Å²) in [7, 11) is -3.82. The van der Waals surface area contributed by atoms with E-state index in [1.54, 1.807) is 0 Å². The molecule has 8 heteroatoms. The molecular formula is C3H10ClN3O2S2. The van der Waals surface area contributed by atoms with Crippen LogP contribution in [0.3, 0.4) is 0 Å². The predicted molar refractivity (Wildman–Crippen MR) is 50.4 cm³/mol. The molecule has 0 aliphatic carbocycles. The van der Waals surface area contributed by atoms with Crippen molar-refractivity contribution in [2.75, 3.05) is 5.75 Å². The van der Waals surface area contributed by atoms with E-state index >= 15 is 0 Å². The van der Waals surface area contributed by atoms with Gasteiger partial charge in [0, 0.05) is 6.42 Å². The molecule has 4 N–H and O–H groups in total. The van der Waals surface area contributed by atoms with Gasteiger partial charge in [-0.25, -0.2) is 5.14 Å². The van der Waals surface area contributed by atoms with Crippen LogP contribution in [0, 0.1) is 0 Å². The Bertz CT molecular complexity index is 225. The summed E-state index contributed by atoms with van der Waals surface area (Å²) >= 11 is 3.81. The molecule has 0 aliphatic rings. The summed E-state index contributed by atoms with van der Waals surface area (Å²) in [6, 6.07) is 0. The summed E-state index contributed by atoms with van der Waals surface area (Å²) in [4.78, 5) is 0. The molecule has 0 aliphatic heterocycles. The van der Waals surface area contributed by atoms with E-state index in [0.717, 1.165) is 0 Å². The van der Waals surface area contributed by atoms with Gasteiger partial charge in [-0.1, -0.05) is 0 Å². The standard InChI is InChI=1S/C3H9N3O2S2.ClH/c4-3(1-2-9)6-10(5,7)8;/h9H,1-2H2,(H2,4,6)(H2,5,7,8);1H. The molecule has 0 aromatic carbocycles. The second-order valence-corrected chi connectivity index (χ2v) is 3.23. The van der Waals surface area contributed by atoms with E-state index in [-0.39, 0.29) is 18.2 Å². The number of thiol groups is 1. The van der Waals surface area contributed by atoms with E-state index < -0.39 is 10.2 Å². The van der Waals surface area contributed by atoms with Crippen LogP contribution in [0.1, 0.15) is 6.42 Å². The van der Waals surface area contributed by atoms with Gasteiger partial charge < -0.3 is 5.73 Å². The highest BCUT2D eigenvalue weighted by Crippen LogP contribution is 1.86. The van der Waals surface area contributed by atoms with Crippen molar-refractivity contribution >= 4 is 41.1 Å². The Hall–Kier alpha value is 0.0200. The van der Waals surface area contributed by atoms with Gasteiger partial charge in [-0.15, -0.1) is 16.8 Å². The van der Waals surface area contributed by atoms with Crippen LogP contribution >= 0.6 is 25.0 Å². The normalized spacial score (nSPS) is 12.4. The van der Waals surface area contributed by atoms with Crippen LogP contribution in [0.4, 0.5) is 0 Å². The van der Waals surface area contributed by atoms with E-state index in [2.05, 4.69) is 22.2 Å². The van der Waals surface area contributed by atoms with Crippen LogP contribution in [0.5, 0.6) is 0 Å². The highest BCUT2D eigenvalue weighted by Gasteiger charge is 1.98. The zero-order valence-corrected chi connectivity index (χ0v) is 8.12. The largest absolute Gasteiger partial charge is 0.386 e. The van der Waals surface area contributed by atoms with Crippen LogP contribution in [0.2, 0.25) is 0 Å². The summed E-state index contributed by atoms with van der Waals surface area (Å²) in [6.07, 6.45) is 0.319. The lowest BCUT2D eigenvalue weighted by molar-refractivity contribution is 0.599. The van der Waals surface area contributed by atoms with E-state index in [9.17, 15) is 8.42 Å². The second-order valence-electron chi connectivity index (χ2n) is 1.57. The molecule has 0 unspecified atom stereocenters. The quantitative estimate of drug-likeness (QED) is 0.332. The van der Waals surface area contributed by atoms with E-state index in [4.69, 9.17) is 5.73 Å². The number of nitrogens with zero attached hydrogens (tertiary/aromatic N) is 1. The molecule has 0 saturated heterocycles. The minimum absolute atomic E-state index is 0. The molecule has 0 aromatic rings. The van der Waals surface area contributed by atoms with Gasteiger partial charge in [-0.3, -0.25) is 0 Å². The van der Waals surface area contributed by atoms with Gasteiger partial charge in [0.2, 0.25) is 0 Å². The average molecular weight is 220 g/mol. The Morgan fingerprint density at radius 3 is 2.27 bits per heavy atom. The number of hydrogen-bond donors (Lipinski definition) is 3. The fourth-order valence-corrected chi connectivity index (χ4v) is 0.971. The Labute approximate surface area is 77.2 Å². The Balaban J connectivity index is 0. The first-order valence-corrected chi connectivity index (χ1v) is 4.57. The summed E-state index contributed by atoms with van der Waals surface area (Å²) in [5.41, 5.74) is 5.11. The summed E-state index contributed by atoms with van der Waals surface area (Å²) < 4.78 is 23.4. The number of nitrogens with two attached hydrogens (primary N) is 2. The minimum atomic E-state index is -3.82. The first-order chi connectivity index (χ1) is 4.45. The zero-order valence-electron chi connectivity index (χ0n) is 5.60. The molecule has 0 spiro atoms. The molecule has 0 saturated carbocycles. The van der Waals surface area contributed by atoms with Gasteiger partial charge in [0.15, 0.2) is 0 Å². The fourth-order valence-electron chi connectivity index (χ4n) is 0.324. The molecule has 0 bridgehead atoms. The third-order valence-electron chi connectivity index (χ3n) is 0.612. The summed E-state index contributed by atoms with van der Waals surface area (Å²) in [5, 5.41) is 4.55. The van der Waals surface area contributed by atoms with Crippen molar-refractivity contribution < 1.29 is 8.42 Å². The van der Waals surface area contributed by atoms with Crippen LogP contribution in [-0.2, 0) is 10.2 Å². The monoisotopic (exact) mass is 219 g/mol. The maximum atomic E-state index is 10.2. The third-order valence-corrected chi connectivity index (χ3v) is 1.33. The first-order valence-electron chi connectivity index (χ1n) is 2.43. The van der Waals surface area contributed by atoms with E-state index in [1.165, 1.54) is 0 Å². The van der Waals surface area contributed by atoms with Crippen LogP contribution in [0.15, 0.2) is 4.40 Å². The summed E-state index contributed by atoms with van der Waals surface area (Å²) in [5.74, 6) is 0.433. The number of halogens is 1. The smallest absolute Gasteiger partial charge is 0.318 e. The molecule has 0 amide bonds. The van der Waals surface area contributed by atoms with Crippen LogP contribution in [0.25, 0.3) is 0 Å². The molecule has 5 nitrogen and oxygen atoms in total. The second kappa shape index (κ2) is 5.64. The van der Waals surface area contributed by atoms with Crippen molar-refractivity contribution in [2.24, 2.45) is 15.3 Å². The molecule has 0 atom stereocenters. The minimum Gasteiger partial charge on any atom is -0.386 e. The topological polar surface area (TPSA) is 98.5 Å². The maximum Gasteiger partial charge on any atom is 0.318 e. The molecule has 11 heavy (non-hydrogen) atoms. The van der Waals surface area contributed by atoms with Gasteiger partial charge in [-0.2, -0.15) is 21.0 Å². The molecule has 0 rings (SSSR count). The first kappa shape index (κ1) is 13.6. The Morgan fingerprint density at radius 1 is 1.55 bits per heavy atom. The molecular weight excluding hydrogens is 210 g/mol. The lowest BCUT2D eigenvalue weighted by Crippen LogP contribution is -2.18. The van der Waals surface area contributed by atoms with Gasteiger partial charge in [0.1, 0.15) is 5.84 Å². The molecule has 0 aromatic heterocycles. The average Bonchev–Trinajstić information content (AvgIpc) is 1.59. The Kier molecular flexibility index (Phi) is 6.98. The fraction of sp³-hybridized carbons (Fsp3) is 0.667. The van der Waals surface area contributed by atoms with Crippen molar-refractivity contribution in [1.29, 1.82) is 0 Å². The summed E-state index contributed by atoms with van der Waals surface area (Å²) in [6.45, 7) is 0. The maximum absolute atomic E-state index is 10.2. The van der Waals surface area contributed by atoms with E-state index in [1.807, 2.05) is 0 Å². The molecule has 68 valence electrons. The SMILES string of the molecule is Cl.N/C(CCS)=N\S(N)(=O)=O. The van der Waals surface area contributed by atoms with Crippen molar-refractivity contribution in [1.82, 2.24) is 0 Å². The number of amidine groups is 1. The van der Waals surface area contributed by atoms with E-state index in [0.29, 0.717) is 12.2 Å².